The van der Waals surface area contributed by atoms with Gasteiger partial charge in [-0.15, -0.1) is 0 Å². The SMILES string of the molecule is COCC(NCCSC)c1ccccc1. The van der Waals surface area contributed by atoms with Crippen molar-refractivity contribution in [3.05, 3.63) is 35.9 Å². The standard InChI is InChI=1S/C12H19NOS/c1-14-10-12(13-8-9-15-2)11-6-4-3-5-7-11/h3-7,12-13H,8-10H2,1-2H3. The van der Waals surface area contributed by atoms with E-state index in [0.717, 1.165) is 18.9 Å². The molecule has 1 aromatic rings. The molecule has 0 saturated heterocycles. The van der Waals surface area contributed by atoms with E-state index in [1.165, 1.54) is 5.56 Å². The van der Waals surface area contributed by atoms with E-state index in [9.17, 15) is 0 Å². The summed E-state index contributed by atoms with van der Waals surface area (Å²) in [4.78, 5) is 0. The van der Waals surface area contributed by atoms with Gasteiger partial charge in [0.15, 0.2) is 0 Å². The number of nitrogens with one attached hydrogen (secondary N) is 1. The van der Waals surface area contributed by atoms with Gasteiger partial charge in [-0.25, -0.2) is 0 Å². The van der Waals surface area contributed by atoms with Gasteiger partial charge in [0.05, 0.1) is 12.6 Å². The zero-order chi connectivity index (χ0) is 10.9. The fourth-order valence-electron chi connectivity index (χ4n) is 1.46. The molecule has 0 amide bonds. The quantitative estimate of drug-likeness (QED) is 0.720. The predicted molar refractivity (Wildman–Crippen MR) is 67.4 cm³/mol. The molecule has 1 N–H and O–H groups in total. The highest BCUT2D eigenvalue weighted by atomic mass is 32.2. The molecule has 1 rings (SSSR count). The van der Waals surface area contributed by atoms with Crippen LogP contribution < -0.4 is 5.32 Å². The molecule has 84 valence electrons. The number of rotatable bonds is 7. The molecule has 0 radical (unpaired) electrons. The molecule has 1 aromatic carbocycles. The number of hydrogen-bond acceptors (Lipinski definition) is 3. The van der Waals surface area contributed by atoms with Gasteiger partial charge < -0.3 is 10.1 Å². The summed E-state index contributed by atoms with van der Waals surface area (Å²) >= 11 is 1.85. The summed E-state index contributed by atoms with van der Waals surface area (Å²) in [6.45, 7) is 1.74. The van der Waals surface area contributed by atoms with E-state index >= 15 is 0 Å². The van der Waals surface area contributed by atoms with Gasteiger partial charge in [-0.3, -0.25) is 0 Å². The molecule has 2 nitrogen and oxygen atoms in total. The summed E-state index contributed by atoms with van der Waals surface area (Å²) in [6.07, 6.45) is 2.12. The van der Waals surface area contributed by atoms with Gasteiger partial charge in [0.1, 0.15) is 0 Å². The summed E-state index contributed by atoms with van der Waals surface area (Å²) in [5.74, 6) is 1.13. The van der Waals surface area contributed by atoms with Gasteiger partial charge in [-0.05, 0) is 11.8 Å². The van der Waals surface area contributed by atoms with Crippen molar-refractivity contribution in [1.29, 1.82) is 0 Å². The second-order valence-corrected chi connectivity index (χ2v) is 4.35. The fraction of sp³-hybridized carbons (Fsp3) is 0.500. The minimum absolute atomic E-state index is 0.309. The molecule has 0 fully saturated rings. The first-order valence-corrected chi connectivity index (χ1v) is 6.54. The molecule has 0 aliphatic carbocycles. The first-order chi connectivity index (χ1) is 7.38. The summed E-state index contributed by atoms with van der Waals surface area (Å²) in [6, 6.07) is 10.7. The molecule has 0 heterocycles. The van der Waals surface area contributed by atoms with Crippen molar-refractivity contribution in [2.75, 3.05) is 32.3 Å². The van der Waals surface area contributed by atoms with Crippen LogP contribution in [0.4, 0.5) is 0 Å². The Balaban J connectivity index is 2.50. The van der Waals surface area contributed by atoms with Crippen molar-refractivity contribution in [3.63, 3.8) is 0 Å². The van der Waals surface area contributed by atoms with Crippen molar-refractivity contribution in [1.82, 2.24) is 5.32 Å². The van der Waals surface area contributed by atoms with Crippen LogP contribution in [0, 0.1) is 0 Å². The predicted octanol–water partition coefficient (Wildman–Crippen LogP) is 2.33. The molecule has 1 unspecified atom stereocenters. The Hall–Kier alpha value is -0.510. The van der Waals surface area contributed by atoms with Gasteiger partial charge in [0.25, 0.3) is 0 Å². The molecule has 0 aliphatic heterocycles. The molecular weight excluding hydrogens is 206 g/mol. The lowest BCUT2D eigenvalue weighted by molar-refractivity contribution is 0.168. The third-order valence-electron chi connectivity index (χ3n) is 2.23. The largest absolute Gasteiger partial charge is 0.383 e. The van der Waals surface area contributed by atoms with Gasteiger partial charge in [0.2, 0.25) is 0 Å². The van der Waals surface area contributed by atoms with Gasteiger partial charge in [-0.1, -0.05) is 30.3 Å². The fourth-order valence-corrected chi connectivity index (χ4v) is 1.78. The zero-order valence-electron chi connectivity index (χ0n) is 9.40. The van der Waals surface area contributed by atoms with Crippen LogP contribution in [-0.2, 0) is 4.74 Å². The monoisotopic (exact) mass is 225 g/mol. The van der Waals surface area contributed by atoms with Crippen LogP contribution >= 0.6 is 11.8 Å². The lowest BCUT2D eigenvalue weighted by atomic mass is 10.1. The van der Waals surface area contributed by atoms with E-state index in [2.05, 4.69) is 35.8 Å². The van der Waals surface area contributed by atoms with Crippen LogP contribution in [0.15, 0.2) is 30.3 Å². The molecule has 3 heteroatoms. The molecule has 15 heavy (non-hydrogen) atoms. The highest BCUT2D eigenvalue weighted by Gasteiger charge is 2.08. The maximum absolute atomic E-state index is 5.22. The Morgan fingerprint density at radius 1 is 1.33 bits per heavy atom. The maximum atomic E-state index is 5.22. The summed E-state index contributed by atoms with van der Waals surface area (Å²) in [7, 11) is 1.74. The normalized spacial score (nSPS) is 12.7. The third-order valence-corrected chi connectivity index (χ3v) is 2.84. The molecular formula is C12H19NOS. The Morgan fingerprint density at radius 2 is 2.07 bits per heavy atom. The second-order valence-electron chi connectivity index (χ2n) is 3.37. The number of benzene rings is 1. The number of hydrogen-bond donors (Lipinski definition) is 1. The van der Waals surface area contributed by atoms with Crippen LogP contribution in [0.3, 0.4) is 0 Å². The third kappa shape index (κ3) is 4.69. The molecule has 0 aromatic heterocycles. The second kappa shape index (κ2) is 7.74. The maximum Gasteiger partial charge on any atom is 0.0657 e. The number of ether oxygens (including phenoxy) is 1. The van der Waals surface area contributed by atoms with Crippen molar-refractivity contribution in [2.45, 2.75) is 6.04 Å². The highest BCUT2D eigenvalue weighted by molar-refractivity contribution is 7.98. The summed E-state index contributed by atoms with van der Waals surface area (Å²) < 4.78 is 5.22. The van der Waals surface area contributed by atoms with E-state index in [-0.39, 0.29) is 0 Å². The van der Waals surface area contributed by atoms with E-state index in [1.54, 1.807) is 7.11 Å². The molecule has 0 saturated carbocycles. The topological polar surface area (TPSA) is 21.3 Å². The van der Waals surface area contributed by atoms with E-state index in [1.807, 2.05) is 17.8 Å². The Morgan fingerprint density at radius 3 is 2.67 bits per heavy atom. The highest BCUT2D eigenvalue weighted by Crippen LogP contribution is 2.12. The van der Waals surface area contributed by atoms with Crippen molar-refractivity contribution in [2.24, 2.45) is 0 Å². The molecule has 0 spiro atoms. The first-order valence-electron chi connectivity index (χ1n) is 5.14. The minimum Gasteiger partial charge on any atom is -0.383 e. The van der Waals surface area contributed by atoms with Gasteiger partial charge in [-0.2, -0.15) is 11.8 Å². The van der Waals surface area contributed by atoms with Gasteiger partial charge in [0, 0.05) is 19.4 Å². The number of thioether (sulfide) groups is 1. The first kappa shape index (κ1) is 12.6. The summed E-state index contributed by atoms with van der Waals surface area (Å²) in [5.41, 5.74) is 1.29. The van der Waals surface area contributed by atoms with Crippen LogP contribution in [0.1, 0.15) is 11.6 Å². The Kier molecular flexibility index (Phi) is 6.48. The van der Waals surface area contributed by atoms with E-state index in [0.29, 0.717) is 6.04 Å². The molecule has 1 atom stereocenters. The average molecular weight is 225 g/mol. The van der Waals surface area contributed by atoms with Crippen LogP contribution in [0.5, 0.6) is 0 Å². The van der Waals surface area contributed by atoms with Crippen LogP contribution in [-0.4, -0.2) is 32.3 Å². The zero-order valence-corrected chi connectivity index (χ0v) is 10.2. The Bertz CT molecular complexity index is 253. The lowest BCUT2D eigenvalue weighted by Crippen LogP contribution is -2.27. The van der Waals surface area contributed by atoms with E-state index < -0.39 is 0 Å². The number of methoxy groups -OCH3 is 1. The minimum atomic E-state index is 0.309. The van der Waals surface area contributed by atoms with Crippen LogP contribution in [0.2, 0.25) is 0 Å². The van der Waals surface area contributed by atoms with Crippen LogP contribution in [0.25, 0.3) is 0 Å². The smallest absolute Gasteiger partial charge is 0.0657 e. The van der Waals surface area contributed by atoms with Crippen molar-refractivity contribution < 1.29 is 4.74 Å². The lowest BCUT2D eigenvalue weighted by Gasteiger charge is -2.18. The average Bonchev–Trinajstić information content (AvgIpc) is 2.29. The van der Waals surface area contributed by atoms with Gasteiger partial charge >= 0.3 is 0 Å². The van der Waals surface area contributed by atoms with Crippen molar-refractivity contribution >= 4 is 11.8 Å². The summed E-state index contributed by atoms with van der Waals surface area (Å²) in [5, 5.41) is 3.49. The van der Waals surface area contributed by atoms with Crippen molar-refractivity contribution in [3.8, 4) is 0 Å². The molecule has 0 bridgehead atoms. The Labute approximate surface area is 96.4 Å². The van der Waals surface area contributed by atoms with E-state index in [4.69, 9.17) is 4.74 Å². The molecule has 0 aliphatic rings.